The van der Waals surface area contributed by atoms with Crippen molar-refractivity contribution in [1.82, 2.24) is 4.72 Å². The van der Waals surface area contributed by atoms with Gasteiger partial charge >= 0.3 is 0 Å². The molecule has 11 heteroatoms. The summed E-state index contributed by atoms with van der Waals surface area (Å²) in [4.78, 5) is 14.6. The molecule has 0 saturated heterocycles. The molecular formula is C19H23N3O5S3. The Labute approximate surface area is 180 Å². The highest BCUT2D eigenvalue weighted by molar-refractivity contribution is 7.99. The van der Waals surface area contributed by atoms with Gasteiger partial charge in [-0.2, -0.15) is 0 Å². The predicted molar refractivity (Wildman–Crippen MR) is 117 cm³/mol. The van der Waals surface area contributed by atoms with Crippen molar-refractivity contribution in [2.45, 2.75) is 34.5 Å². The monoisotopic (exact) mass is 469 g/mol. The quantitative estimate of drug-likeness (QED) is 0.663. The van der Waals surface area contributed by atoms with Gasteiger partial charge in [-0.25, -0.2) is 26.7 Å². The molecule has 2 aromatic rings. The first-order valence-corrected chi connectivity index (χ1v) is 13.3. The van der Waals surface area contributed by atoms with Crippen LogP contribution in [0.5, 0.6) is 0 Å². The van der Waals surface area contributed by atoms with Gasteiger partial charge in [-0.15, -0.1) is 11.8 Å². The summed E-state index contributed by atoms with van der Waals surface area (Å²) in [6.07, 6.45) is 1.22. The van der Waals surface area contributed by atoms with Crippen molar-refractivity contribution in [3.8, 4) is 0 Å². The molecule has 2 aromatic carbocycles. The van der Waals surface area contributed by atoms with E-state index in [0.29, 0.717) is 18.7 Å². The Balaban J connectivity index is 1.72. The summed E-state index contributed by atoms with van der Waals surface area (Å²) in [6.45, 7) is 2.17. The number of hydrogen-bond donors (Lipinski definition) is 2. The first-order valence-electron chi connectivity index (χ1n) is 9.24. The minimum atomic E-state index is -3.77. The molecule has 0 radical (unpaired) electrons. The topological polar surface area (TPSA) is 127 Å². The number of fused-ring (bicyclic) bond motifs is 1. The van der Waals surface area contributed by atoms with Crippen molar-refractivity contribution in [2.75, 3.05) is 23.7 Å². The molecule has 0 spiro atoms. The van der Waals surface area contributed by atoms with Crippen LogP contribution in [0.4, 0.5) is 5.69 Å². The number of sulfonamides is 2. The average molecular weight is 470 g/mol. The number of benzene rings is 2. The van der Waals surface area contributed by atoms with Crippen LogP contribution in [-0.2, 0) is 31.3 Å². The standard InChI is InChI=1S/C19H23N3O5S3/c1-14(23)22-11-2-12-28-19-8-7-17(13-18(19)22)30(26,27)21-10-9-15-3-5-16(6-4-15)29(20,24)25/h3-8,13,21H,2,9-12H2,1H3,(H2,20,24,25). The Kier molecular flexibility index (Phi) is 6.88. The number of anilines is 1. The van der Waals surface area contributed by atoms with Crippen LogP contribution >= 0.6 is 11.8 Å². The van der Waals surface area contributed by atoms with Gasteiger partial charge in [0, 0.05) is 24.9 Å². The van der Waals surface area contributed by atoms with Crippen molar-refractivity contribution in [2.24, 2.45) is 5.14 Å². The molecule has 1 aliphatic rings. The molecule has 0 unspecified atom stereocenters. The van der Waals surface area contributed by atoms with Crippen LogP contribution in [0.1, 0.15) is 18.9 Å². The van der Waals surface area contributed by atoms with E-state index in [4.69, 9.17) is 5.14 Å². The van der Waals surface area contributed by atoms with Gasteiger partial charge in [-0.1, -0.05) is 12.1 Å². The lowest BCUT2D eigenvalue weighted by atomic mass is 10.2. The number of hydrogen-bond acceptors (Lipinski definition) is 6. The minimum Gasteiger partial charge on any atom is -0.311 e. The second-order valence-corrected chi connectivity index (χ2v) is 11.3. The summed E-state index contributed by atoms with van der Waals surface area (Å²) in [6, 6.07) is 10.8. The Morgan fingerprint density at radius 3 is 2.40 bits per heavy atom. The zero-order chi connectivity index (χ0) is 21.9. The number of nitrogens with zero attached hydrogens (tertiary/aromatic N) is 1. The first-order chi connectivity index (χ1) is 14.1. The van der Waals surface area contributed by atoms with E-state index in [2.05, 4.69) is 4.72 Å². The SMILES string of the molecule is CC(=O)N1CCCSc2ccc(S(=O)(=O)NCCc3ccc(S(N)(=O)=O)cc3)cc21. The molecular weight excluding hydrogens is 446 g/mol. The molecule has 30 heavy (non-hydrogen) atoms. The molecule has 3 rings (SSSR count). The lowest BCUT2D eigenvalue weighted by Gasteiger charge is -2.21. The summed E-state index contributed by atoms with van der Waals surface area (Å²) < 4.78 is 50.6. The van der Waals surface area contributed by atoms with Gasteiger partial charge in [-0.3, -0.25) is 4.79 Å². The summed E-state index contributed by atoms with van der Waals surface area (Å²) in [5, 5.41) is 5.07. The maximum absolute atomic E-state index is 12.7. The highest BCUT2D eigenvalue weighted by Gasteiger charge is 2.22. The molecule has 0 bridgehead atoms. The van der Waals surface area contributed by atoms with Gasteiger partial charge in [0.25, 0.3) is 0 Å². The van der Waals surface area contributed by atoms with E-state index in [0.717, 1.165) is 22.6 Å². The number of nitrogens with two attached hydrogens (primary N) is 1. The summed E-state index contributed by atoms with van der Waals surface area (Å²) >= 11 is 1.61. The van der Waals surface area contributed by atoms with Crippen LogP contribution in [0.25, 0.3) is 0 Å². The van der Waals surface area contributed by atoms with E-state index in [1.54, 1.807) is 40.9 Å². The molecule has 0 saturated carbocycles. The van der Waals surface area contributed by atoms with Gasteiger partial charge in [0.1, 0.15) is 0 Å². The number of thioether (sulfide) groups is 1. The third kappa shape index (κ3) is 5.41. The summed E-state index contributed by atoms with van der Waals surface area (Å²) in [5.41, 5.74) is 1.39. The third-order valence-corrected chi connectivity index (χ3v) is 8.19. The van der Waals surface area contributed by atoms with E-state index in [-0.39, 0.29) is 22.2 Å². The third-order valence-electron chi connectivity index (χ3n) is 4.65. The lowest BCUT2D eigenvalue weighted by Crippen LogP contribution is -2.30. The van der Waals surface area contributed by atoms with E-state index >= 15 is 0 Å². The second kappa shape index (κ2) is 9.06. The molecule has 1 amide bonds. The largest absolute Gasteiger partial charge is 0.311 e. The van der Waals surface area contributed by atoms with Crippen LogP contribution in [0, 0.1) is 0 Å². The highest BCUT2D eigenvalue weighted by Crippen LogP contribution is 2.35. The fraction of sp³-hybridized carbons (Fsp3) is 0.316. The minimum absolute atomic E-state index is 0.00436. The number of carbonyl (C=O) groups excluding carboxylic acids is 1. The van der Waals surface area contributed by atoms with Crippen molar-refractivity contribution < 1.29 is 21.6 Å². The van der Waals surface area contributed by atoms with Gasteiger partial charge in [-0.05, 0) is 54.5 Å². The Morgan fingerprint density at radius 2 is 1.77 bits per heavy atom. The number of primary sulfonamides is 1. The van der Waals surface area contributed by atoms with Gasteiger partial charge in [0.2, 0.25) is 26.0 Å². The fourth-order valence-corrected chi connectivity index (χ4v) is 5.65. The van der Waals surface area contributed by atoms with E-state index < -0.39 is 20.0 Å². The van der Waals surface area contributed by atoms with Crippen molar-refractivity contribution in [1.29, 1.82) is 0 Å². The lowest BCUT2D eigenvalue weighted by molar-refractivity contribution is -0.116. The molecule has 0 aromatic heterocycles. The number of rotatable bonds is 6. The van der Waals surface area contributed by atoms with Crippen LogP contribution < -0.4 is 14.8 Å². The van der Waals surface area contributed by atoms with Crippen LogP contribution in [-0.4, -0.2) is 41.6 Å². The fourth-order valence-electron chi connectivity index (χ4n) is 3.11. The number of amides is 1. The summed E-state index contributed by atoms with van der Waals surface area (Å²) in [5.74, 6) is 0.745. The molecule has 1 heterocycles. The average Bonchev–Trinajstić information content (AvgIpc) is 2.89. The van der Waals surface area contributed by atoms with Crippen LogP contribution in [0.15, 0.2) is 57.2 Å². The Morgan fingerprint density at radius 1 is 1.10 bits per heavy atom. The predicted octanol–water partition coefficient (Wildman–Crippen LogP) is 1.70. The van der Waals surface area contributed by atoms with Crippen LogP contribution in [0.2, 0.25) is 0 Å². The van der Waals surface area contributed by atoms with E-state index in [1.807, 2.05) is 0 Å². The smallest absolute Gasteiger partial charge is 0.240 e. The number of carbonyl (C=O) groups is 1. The van der Waals surface area contributed by atoms with E-state index in [9.17, 15) is 21.6 Å². The van der Waals surface area contributed by atoms with Gasteiger partial charge < -0.3 is 4.90 Å². The molecule has 3 N–H and O–H groups in total. The van der Waals surface area contributed by atoms with Crippen molar-refractivity contribution in [3.05, 3.63) is 48.0 Å². The molecule has 162 valence electrons. The normalized spacial score (nSPS) is 14.8. The first kappa shape index (κ1) is 22.8. The Hall–Kier alpha value is -1.92. The van der Waals surface area contributed by atoms with Crippen LogP contribution in [0.3, 0.4) is 0 Å². The van der Waals surface area contributed by atoms with Crippen molar-refractivity contribution in [3.63, 3.8) is 0 Å². The van der Waals surface area contributed by atoms with Gasteiger partial charge in [0.05, 0.1) is 15.5 Å². The number of nitrogens with one attached hydrogen (secondary N) is 1. The summed E-state index contributed by atoms with van der Waals surface area (Å²) in [7, 11) is -7.53. The highest BCUT2D eigenvalue weighted by atomic mass is 32.2. The van der Waals surface area contributed by atoms with Gasteiger partial charge in [0.15, 0.2) is 0 Å². The molecule has 0 atom stereocenters. The zero-order valence-electron chi connectivity index (χ0n) is 16.4. The van der Waals surface area contributed by atoms with E-state index in [1.165, 1.54) is 25.1 Å². The molecule has 8 nitrogen and oxygen atoms in total. The molecule has 1 aliphatic heterocycles. The molecule has 0 aliphatic carbocycles. The zero-order valence-corrected chi connectivity index (χ0v) is 18.8. The Bertz CT molecular complexity index is 1150. The maximum atomic E-state index is 12.7. The second-order valence-electron chi connectivity index (χ2n) is 6.84. The maximum Gasteiger partial charge on any atom is 0.240 e. The molecule has 0 fully saturated rings. The van der Waals surface area contributed by atoms with Crippen molar-refractivity contribution >= 4 is 43.4 Å².